The van der Waals surface area contributed by atoms with Gasteiger partial charge in [0.25, 0.3) is 0 Å². The second-order valence-electron chi connectivity index (χ2n) is 8.80. The molecule has 37 heavy (non-hydrogen) atoms. The van der Waals surface area contributed by atoms with Crippen molar-refractivity contribution in [2.24, 2.45) is 5.73 Å². The molecule has 0 bridgehead atoms. The van der Waals surface area contributed by atoms with Crippen LogP contribution >= 0.6 is 0 Å². The number of fused-ring (bicyclic) bond motifs is 1. The van der Waals surface area contributed by atoms with Crippen LogP contribution in [0.1, 0.15) is 16.7 Å². The number of hydrogen-bond acceptors (Lipinski definition) is 4. The zero-order chi connectivity index (χ0) is 26.0. The number of benzene rings is 4. The van der Waals surface area contributed by atoms with E-state index in [1.807, 2.05) is 103 Å². The van der Waals surface area contributed by atoms with Crippen LogP contribution < -0.4 is 16.4 Å². The molecule has 4 rings (SSSR count). The van der Waals surface area contributed by atoms with Gasteiger partial charge in [0, 0.05) is 12.8 Å². The van der Waals surface area contributed by atoms with Crippen LogP contribution in [-0.4, -0.2) is 30.0 Å². The van der Waals surface area contributed by atoms with Crippen LogP contribution in [0.25, 0.3) is 10.8 Å². The van der Waals surface area contributed by atoms with Crippen molar-refractivity contribution < 1.29 is 19.1 Å². The summed E-state index contributed by atoms with van der Waals surface area (Å²) in [6.07, 6.45) is -0.290. The maximum Gasteiger partial charge on any atom is 0.408 e. The molecule has 2 atom stereocenters. The Labute approximate surface area is 215 Å². The predicted octanol–water partition coefficient (Wildman–Crippen LogP) is 3.89. The first-order chi connectivity index (χ1) is 18.0. The lowest BCUT2D eigenvalue weighted by atomic mass is 10.0. The van der Waals surface area contributed by atoms with Gasteiger partial charge in [-0.25, -0.2) is 4.79 Å². The van der Waals surface area contributed by atoms with Gasteiger partial charge in [-0.2, -0.15) is 0 Å². The average Bonchev–Trinajstić information content (AvgIpc) is 2.92. The number of rotatable bonds is 10. The largest absolute Gasteiger partial charge is 0.445 e. The molecule has 0 fully saturated rings. The average molecular weight is 496 g/mol. The van der Waals surface area contributed by atoms with E-state index in [2.05, 4.69) is 10.6 Å². The van der Waals surface area contributed by atoms with Crippen molar-refractivity contribution in [1.82, 2.24) is 10.6 Å². The van der Waals surface area contributed by atoms with Crippen molar-refractivity contribution in [1.29, 1.82) is 0 Å². The van der Waals surface area contributed by atoms with Gasteiger partial charge < -0.3 is 21.1 Å². The Hall–Kier alpha value is -4.65. The van der Waals surface area contributed by atoms with Gasteiger partial charge in [-0.05, 0) is 27.5 Å². The molecule has 0 aliphatic rings. The third-order valence-corrected chi connectivity index (χ3v) is 6.02. The van der Waals surface area contributed by atoms with Crippen LogP contribution in [0, 0.1) is 0 Å². The first kappa shape index (κ1) is 25.4. The fraction of sp³-hybridized carbons (Fsp3) is 0.167. The molecule has 0 saturated heterocycles. The molecule has 0 heterocycles. The molecular weight excluding hydrogens is 466 g/mol. The summed E-state index contributed by atoms with van der Waals surface area (Å²) < 4.78 is 5.31. The molecule has 0 aliphatic heterocycles. The first-order valence-electron chi connectivity index (χ1n) is 12.1. The number of ether oxygens (including phenoxy) is 1. The monoisotopic (exact) mass is 495 g/mol. The van der Waals surface area contributed by atoms with Crippen LogP contribution in [-0.2, 0) is 33.8 Å². The number of nitrogens with one attached hydrogen (secondary N) is 2. The van der Waals surface area contributed by atoms with E-state index in [4.69, 9.17) is 10.5 Å². The minimum atomic E-state index is -0.968. The molecule has 4 N–H and O–H groups in total. The van der Waals surface area contributed by atoms with E-state index in [-0.39, 0.29) is 19.4 Å². The second-order valence-corrected chi connectivity index (χ2v) is 8.80. The van der Waals surface area contributed by atoms with Crippen LogP contribution in [0.2, 0.25) is 0 Å². The van der Waals surface area contributed by atoms with E-state index >= 15 is 0 Å². The Kier molecular flexibility index (Phi) is 8.49. The third kappa shape index (κ3) is 7.41. The smallest absolute Gasteiger partial charge is 0.408 e. The Bertz CT molecular complexity index is 1360. The Balaban J connectivity index is 1.45. The quantitative estimate of drug-likeness (QED) is 0.310. The van der Waals surface area contributed by atoms with Gasteiger partial charge in [-0.15, -0.1) is 0 Å². The second kappa shape index (κ2) is 12.4. The summed E-state index contributed by atoms with van der Waals surface area (Å²) in [7, 11) is 0. The molecule has 188 valence electrons. The minimum Gasteiger partial charge on any atom is -0.445 e. The topological polar surface area (TPSA) is 111 Å². The van der Waals surface area contributed by atoms with E-state index in [9.17, 15) is 14.4 Å². The van der Waals surface area contributed by atoms with Gasteiger partial charge >= 0.3 is 6.09 Å². The molecule has 3 amide bonds. The highest BCUT2D eigenvalue weighted by Gasteiger charge is 2.27. The number of primary amides is 1. The molecule has 4 aromatic rings. The molecule has 0 saturated carbocycles. The summed E-state index contributed by atoms with van der Waals surface area (Å²) in [5, 5.41) is 7.47. The lowest BCUT2D eigenvalue weighted by molar-refractivity contribution is -0.128. The van der Waals surface area contributed by atoms with Crippen LogP contribution in [0.15, 0.2) is 103 Å². The number of hydrogen-bond donors (Lipinski definition) is 3. The summed E-state index contributed by atoms with van der Waals surface area (Å²) in [6, 6.07) is 30.3. The molecule has 0 aromatic heterocycles. The first-order valence-corrected chi connectivity index (χ1v) is 12.1. The van der Waals surface area contributed by atoms with E-state index < -0.39 is 30.0 Å². The summed E-state index contributed by atoms with van der Waals surface area (Å²) in [5.41, 5.74) is 8.17. The van der Waals surface area contributed by atoms with Crippen molar-refractivity contribution in [2.45, 2.75) is 31.5 Å². The maximum absolute atomic E-state index is 13.3. The molecule has 0 spiro atoms. The lowest BCUT2D eigenvalue weighted by Crippen LogP contribution is -2.54. The number of nitrogens with two attached hydrogens (primary N) is 1. The number of alkyl carbamates (subject to hydrolysis) is 1. The van der Waals surface area contributed by atoms with Crippen molar-refractivity contribution in [3.8, 4) is 0 Å². The highest BCUT2D eigenvalue weighted by atomic mass is 16.5. The van der Waals surface area contributed by atoms with Gasteiger partial charge in [0.05, 0.1) is 0 Å². The fourth-order valence-electron chi connectivity index (χ4n) is 4.06. The number of amides is 3. The van der Waals surface area contributed by atoms with E-state index in [0.29, 0.717) is 0 Å². The summed E-state index contributed by atoms with van der Waals surface area (Å²) in [5.74, 6) is -1.18. The maximum atomic E-state index is 13.3. The van der Waals surface area contributed by atoms with Gasteiger partial charge in [0.2, 0.25) is 11.8 Å². The molecule has 0 unspecified atom stereocenters. The van der Waals surface area contributed by atoms with Gasteiger partial charge in [-0.3, -0.25) is 9.59 Å². The summed E-state index contributed by atoms with van der Waals surface area (Å²) in [6.45, 7) is 0.0677. The fourth-order valence-corrected chi connectivity index (χ4v) is 4.06. The normalized spacial score (nSPS) is 12.3. The van der Waals surface area contributed by atoms with Crippen molar-refractivity contribution in [2.75, 3.05) is 0 Å². The number of carbonyl (C=O) groups is 3. The van der Waals surface area contributed by atoms with E-state index in [1.165, 1.54) is 0 Å². The SMILES string of the molecule is NC(=O)[C@@H](Cc1ccc2ccccc2c1)NC(=O)[C@@H](Cc1ccccc1)NC(=O)OCc1ccccc1. The molecule has 4 aromatic carbocycles. The van der Waals surface area contributed by atoms with Crippen LogP contribution in [0.5, 0.6) is 0 Å². The van der Waals surface area contributed by atoms with Crippen molar-refractivity contribution in [3.05, 3.63) is 120 Å². The minimum absolute atomic E-state index is 0.0677. The summed E-state index contributed by atoms with van der Waals surface area (Å²) >= 11 is 0. The van der Waals surface area contributed by atoms with E-state index in [1.54, 1.807) is 0 Å². The highest BCUT2D eigenvalue weighted by molar-refractivity contribution is 5.91. The third-order valence-electron chi connectivity index (χ3n) is 6.02. The van der Waals surface area contributed by atoms with Crippen LogP contribution in [0.3, 0.4) is 0 Å². The Morgan fingerprint density at radius 2 is 1.24 bits per heavy atom. The van der Waals surface area contributed by atoms with E-state index in [0.717, 1.165) is 27.5 Å². The molecule has 7 nitrogen and oxygen atoms in total. The standard InChI is InChI=1S/C30H29N3O4/c31-28(34)26(19-23-15-16-24-13-7-8-14-25(24)17-23)32-29(35)27(18-21-9-3-1-4-10-21)33-30(36)37-20-22-11-5-2-6-12-22/h1-17,26-27H,18-20H2,(H2,31,34)(H,32,35)(H,33,36)/t26-,27-/m1/s1. The van der Waals surface area contributed by atoms with Gasteiger partial charge in [0.1, 0.15) is 18.7 Å². The molecule has 7 heteroatoms. The van der Waals surface area contributed by atoms with Crippen LogP contribution in [0.4, 0.5) is 4.79 Å². The van der Waals surface area contributed by atoms with Gasteiger partial charge in [0.15, 0.2) is 0 Å². The van der Waals surface area contributed by atoms with Crippen molar-refractivity contribution >= 4 is 28.7 Å². The zero-order valence-electron chi connectivity index (χ0n) is 20.3. The molecular formula is C30H29N3O4. The Morgan fingerprint density at radius 1 is 0.649 bits per heavy atom. The summed E-state index contributed by atoms with van der Waals surface area (Å²) in [4.78, 5) is 38.1. The molecule has 0 aliphatic carbocycles. The molecule has 0 radical (unpaired) electrons. The van der Waals surface area contributed by atoms with Gasteiger partial charge in [-0.1, -0.05) is 103 Å². The number of carbonyl (C=O) groups excluding carboxylic acids is 3. The predicted molar refractivity (Wildman–Crippen MR) is 142 cm³/mol. The highest BCUT2D eigenvalue weighted by Crippen LogP contribution is 2.17. The zero-order valence-corrected chi connectivity index (χ0v) is 20.3. The van der Waals surface area contributed by atoms with Crippen molar-refractivity contribution in [3.63, 3.8) is 0 Å². The lowest BCUT2D eigenvalue weighted by Gasteiger charge is -2.22. The Morgan fingerprint density at radius 3 is 1.92 bits per heavy atom.